The van der Waals surface area contributed by atoms with Crippen LogP contribution in [0, 0.1) is 11.3 Å². The number of aliphatic imine (C=N–C) groups is 2. The van der Waals surface area contributed by atoms with E-state index in [0.717, 1.165) is 17.2 Å². The molecule has 2 bridgehead atoms. The standard InChI is InChI=1S/C37H47FN10O13P2Si/c1-37(2,3)64(6,7)61-28-23-17-56-63(53,54-15-11-14-39)60-27-22(57-35(24(27)38)48-20-45-26-32(48)42-18-43-34(26)50)16-55-62(51,52)59-29(28)36(58-23)47-19-44-25(31(47)41-5)30(40-4)46-33(49)21-12-9-8-10-13-21/h8-10,12-13,18-20,22-24,27-29,35-36H,5,11,15-17H2,1-4,6-7H3,(H,51,52)(H,40,46,49)(H,42,43,50)/t22?,23?,24-,27-,28-,29-,35?,36?,63?/m1/s1. The van der Waals surface area contributed by atoms with E-state index >= 15 is 4.39 Å². The lowest BCUT2D eigenvalue weighted by Crippen LogP contribution is -2.50. The molecule has 3 aromatic heterocycles. The molecule has 1 amide bonds. The van der Waals surface area contributed by atoms with Crippen LogP contribution in [0.5, 0.6) is 0 Å². The van der Waals surface area contributed by atoms with E-state index in [1.165, 1.54) is 17.9 Å². The van der Waals surface area contributed by atoms with E-state index in [1.807, 2.05) is 39.9 Å². The normalized spacial score (nSPS) is 30.5. The summed E-state index contributed by atoms with van der Waals surface area (Å²) in [6.07, 6.45) is -9.84. The topological polar surface area (TPSA) is 287 Å². The van der Waals surface area contributed by atoms with Gasteiger partial charge in [0.25, 0.3) is 11.5 Å². The van der Waals surface area contributed by atoms with Crippen LogP contribution in [0.15, 0.2) is 64.1 Å². The molecule has 4 aromatic rings. The summed E-state index contributed by atoms with van der Waals surface area (Å²) in [6.45, 7) is 11.3. The number of aromatic nitrogens is 6. The first-order chi connectivity index (χ1) is 30.3. The summed E-state index contributed by atoms with van der Waals surface area (Å²) in [7, 11) is -11.6. The molecular formula is C37H47FN10O13P2Si. The molecule has 23 nitrogen and oxygen atoms in total. The fourth-order valence-corrected chi connectivity index (χ4v) is 10.5. The first-order valence-corrected chi connectivity index (χ1v) is 25.7. The molecule has 0 aliphatic carbocycles. The quantitative estimate of drug-likeness (QED) is 0.0642. The number of benzene rings is 1. The van der Waals surface area contributed by atoms with E-state index in [0.29, 0.717) is 5.56 Å². The highest BCUT2D eigenvalue weighted by Gasteiger charge is 2.57. The molecule has 27 heteroatoms. The lowest BCUT2D eigenvalue weighted by atomic mass is 10.1. The van der Waals surface area contributed by atoms with Crippen LogP contribution in [-0.2, 0) is 45.6 Å². The minimum Gasteiger partial charge on any atom is -0.408 e. The van der Waals surface area contributed by atoms with Crippen LogP contribution in [0.4, 0.5) is 10.2 Å². The molecule has 0 radical (unpaired) electrons. The Morgan fingerprint density at radius 3 is 2.47 bits per heavy atom. The molecular weight excluding hydrogens is 901 g/mol. The predicted octanol–water partition coefficient (Wildman–Crippen LogP) is 4.63. The maximum atomic E-state index is 16.7. The largest absolute Gasteiger partial charge is 0.475 e. The van der Waals surface area contributed by atoms with Crippen molar-refractivity contribution < 1.29 is 59.7 Å². The number of H-pyrrole nitrogens is 1. The van der Waals surface area contributed by atoms with E-state index in [1.54, 1.807) is 30.3 Å². The Labute approximate surface area is 366 Å². The number of carbonyl (C=O) groups is 1. The average molecular weight is 949 g/mol. The molecule has 0 saturated carbocycles. The summed E-state index contributed by atoms with van der Waals surface area (Å²) in [6, 6.07) is 10.2. The molecule has 64 heavy (non-hydrogen) atoms. The Hall–Kier alpha value is -4.67. The van der Waals surface area contributed by atoms with Gasteiger partial charge in [-0.15, -0.1) is 0 Å². The Balaban J connectivity index is 1.28. The van der Waals surface area contributed by atoms with Crippen molar-refractivity contribution in [1.82, 2.24) is 34.4 Å². The van der Waals surface area contributed by atoms with Gasteiger partial charge >= 0.3 is 15.6 Å². The Morgan fingerprint density at radius 1 is 1.08 bits per heavy atom. The fourth-order valence-electron chi connectivity index (χ4n) is 6.89. The van der Waals surface area contributed by atoms with Gasteiger partial charge in [0.2, 0.25) is 0 Å². The number of alkyl halides is 1. The smallest absolute Gasteiger partial charge is 0.408 e. The second kappa shape index (κ2) is 18.7. The fraction of sp³-hybridized carbons (Fsp3) is 0.514. The Bertz CT molecular complexity index is 2600. The third kappa shape index (κ3) is 9.64. The number of hydrogen-bond donors (Lipinski definition) is 3. The molecule has 0 spiro atoms. The van der Waals surface area contributed by atoms with Crippen molar-refractivity contribution in [2.24, 2.45) is 9.98 Å². The number of amidine groups is 1. The van der Waals surface area contributed by atoms with Crippen LogP contribution in [0.2, 0.25) is 18.1 Å². The number of rotatable bonds is 10. The van der Waals surface area contributed by atoms with Crippen LogP contribution in [0.3, 0.4) is 0 Å². The SMILES string of the molecule is C=Nc1c(/C(=N\C)NC(=O)c2ccccc2)ncn1C1OC2COP(=O)(OCCC#N)O[C@@H]3C(COP(=O)(O)O[C@@H]1[C@@H]2O[Si](C)(C)C(C)(C)C)OC(n1cnc2c(=O)[nH]cnc21)[C@@H]3F. The van der Waals surface area contributed by atoms with E-state index in [9.17, 15) is 28.9 Å². The number of carbonyl (C=O) groups excluding carboxylic acids is 1. The number of nitrogens with one attached hydrogen (secondary N) is 2. The minimum absolute atomic E-state index is 0.00723. The minimum atomic E-state index is -5.26. The molecule has 6 unspecified atom stereocenters. The van der Waals surface area contributed by atoms with Gasteiger partial charge in [0.1, 0.15) is 36.2 Å². The zero-order valence-corrected chi connectivity index (χ0v) is 38.3. The molecule has 7 rings (SSSR count). The van der Waals surface area contributed by atoms with Gasteiger partial charge in [-0.25, -0.2) is 33.5 Å². The van der Waals surface area contributed by atoms with Gasteiger partial charge in [0, 0.05) is 12.6 Å². The molecule has 344 valence electrons. The third-order valence-corrected chi connectivity index (χ3v) is 18.0. The van der Waals surface area contributed by atoms with Gasteiger partial charge in [0.15, 0.2) is 49.8 Å². The first-order valence-electron chi connectivity index (χ1n) is 19.8. The zero-order chi connectivity index (χ0) is 46.2. The van der Waals surface area contributed by atoms with Crippen molar-refractivity contribution >= 4 is 59.4 Å². The Morgan fingerprint density at radius 2 is 1.78 bits per heavy atom. The lowest BCUT2D eigenvalue weighted by Gasteiger charge is -2.40. The van der Waals surface area contributed by atoms with Crippen LogP contribution < -0.4 is 10.9 Å². The second-order valence-electron chi connectivity index (χ2n) is 16.2. The Kier molecular flexibility index (Phi) is 13.8. The average Bonchev–Trinajstić information content (AvgIpc) is 4.02. The number of imidazole rings is 2. The van der Waals surface area contributed by atoms with Crippen LogP contribution in [0.1, 0.15) is 55.7 Å². The van der Waals surface area contributed by atoms with Gasteiger partial charge in [-0.2, -0.15) is 5.26 Å². The van der Waals surface area contributed by atoms with E-state index in [4.69, 9.17) is 36.5 Å². The highest BCUT2D eigenvalue weighted by Crippen LogP contribution is 2.57. The summed E-state index contributed by atoms with van der Waals surface area (Å²) in [4.78, 5) is 60.4. The number of ether oxygens (including phenoxy) is 2. The number of fused-ring (bicyclic) bond motifs is 4. The molecule has 3 aliphatic heterocycles. The first kappa shape index (κ1) is 47.3. The van der Waals surface area contributed by atoms with Crippen LogP contribution in [0.25, 0.3) is 11.2 Å². The van der Waals surface area contributed by atoms with Crippen molar-refractivity contribution in [3.8, 4) is 6.07 Å². The lowest BCUT2D eigenvalue weighted by molar-refractivity contribution is -0.0691. The van der Waals surface area contributed by atoms with Gasteiger partial charge in [-0.3, -0.25) is 46.3 Å². The summed E-state index contributed by atoms with van der Waals surface area (Å²) >= 11 is 0. The molecule has 10 atom stereocenters. The van der Waals surface area contributed by atoms with Crippen molar-refractivity contribution in [3.05, 3.63) is 70.9 Å². The number of aromatic amines is 1. The number of nitriles is 1. The van der Waals surface area contributed by atoms with Crippen LogP contribution in [-0.4, -0.2) is 124 Å². The van der Waals surface area contributed by atoms with Gasteiger partial charge in [-0.1, -0.05) is 39.0 Å². The third-order valence-electron chi connectivity index (χ3n) is 11.1. The highest BCUT2D eigenvalue weighted by atomic mass is 31.2. The number of phosphoric ester groups is 2. The summed E-state index contributed by atoms with van der Waals surface area (Å²) in [5.74, 6) is -0.529. The maximum Gasteiger partial charge on any atom is 0.475 e. The number of hydrogen-bond acceptors (Lipinski definition) is 18. The van der Waals surface area contributed by atoms with Gasteiger partial charge < -0.3 is 29.1 Å². The monoisotopic (exact) mass is 948 g/mol. The summed E-state index contributed by atoms with van der Waals surface area (Å²) in [5, 5.41) is 11.6. The maximum absolute atomic E-state index is 16.7. The molecule has 3 fully saturated rings. The van der Waals surface area contributed by atoms with Gasteiger partial charge in [-0.05, 0) is 37.0 Å². The van der Waals surface area contributed by atoms with Crippen molar-refractivity contribution in [2.75, 3.05) is 26.9 Å². The van der Waals surface area contributed by atoms with Crippen molar-refractivity contribution in [3.63, 3.8) is 0 Å². The summed E-state index contributed by atoms with van der Waals surface area (Å²) in [5.41, 5.74) is -0.472. The van der Waals surface area contributed by atoms with Crippen molar-refractivity contribution in [1.29, 1.82) is 5.26 Å². The summed E-state index contributed by atoms with van der Waals surface area (Å²) < 4.78 is 96.1. The molecule has 3 N–H and O–H groups in total. The number of nitrogens with zero attached hydrogens (tertiary/aromatic N) is 8. The molecule has 1 aromatic carbocycles. The van der Waals surface area contributed by atoms with Crippen LogP contribution >= 0.6 is 15.6 Å². The second-order valence-corrected chi connectivity index (χ2v) is 24.0. The zero-order valence-electron chi connectivity index (χ0n) is 35.5. The number of phosphoric acid groups is 2. The predicted molar refractivity (Wildman–Crippen MR) is 226 cm³/mol. The van der Waals surface area contributed by atoms with E-state index < -0.39 is 109 Å². The van der Waals surface area contributed by atoms with Crippen molar-refractivity contribution in [2.45, 2.75) is 94.5 Å². The number of halogens is 1. The van der Waals surface area contributed by atoms with Gasteiger partial charge in [0.05, 0.1) is 51.3 Å². The highest BCUT2D eigenvalue weighted by molar-refractivity contribution is 7.48. The van der Waals surface area contributed by atoms with E-state index in [-0.39, 0.29) is 34.9 Å². The molecule has 3 saturated heterocycles. The number of amides is 1. The molecule has 6 heterocycles. The van der Waals surface area contributed by atoms with E-state index in [2.05, 4.69) is 42.0 Å². The molecule has 3 aliphatic rings.